The molecule has 0 amide bonds. The molecule has 0 aliphatic heterocycles. The number of benzene rings is 1. The van der Waals surface area contributed by atoms with E-state index in [1.165, 1.54) is 0 Å². The average Bonchev–Trinajstić information content (AvgIpc) is 2.82. The molecular formula is C17H25N3O. The lowest BCUT2D eigenvalue weighted by atomic mass is 9.90. The second kappa shape index (κ2) is 5.98. The highest BCUT2D eigenvalue weighted by molar-refractivity contribution is 5.90. The van der Waals surface area contributed by atoms with Gasteiger partial charge in [0.2, 0.25) is 0 Å². The number of nitrogens with zero attached hydrogens (tertiary/aromatic N) is 3. The van der Waals surface area contributed by atoms with E-state index in [0.717, 1.165) is 29.8 Å². The van der Waals surface area contributed by atoms with Crippen LogP contribution in [0.4, 0.5) is 0 Å². The molecule has 114 valence electrons. The monoisotopic (exact) mass is 287 g/mol. The Morgan fingerprint density at radius 3 is 2.52 bits per heavy atom. The summed E-state index contributed by atoms with van der Waals surface area (Å²) in [6.07, 6.45) is 1.18. The first-order chi connectivity index (χ1) is 9.93. The topological polar surface area (TPSA) is 38.1 Å². The first kappa shape index (κ1) is 15.7. The molecule has 1 heterocycles. The van der Waals surface area contributed by atoms with Gasteiger partial charge in [-0.15, -0.1) is 0 Å². The molecule has 21 heavy (non-hydrogen) atoms. The molecule has 0 spiro atoms. The molecule has 0 fully saturated rings. The van der Waals surface area contributed by atoms with Crippen molar-refractivity contribution < 1.29 is 4.79 Å². The van der Waals surface area contributed by atoms with Crippen molar-refractivity contribution in [3.63, 3.8) is 0 Å². The largest absolute Gasteiger partial charge is 0.328 e. The summed E-state index contributed by atoms with van der Waals surface area (Å²) in [7, 11) is 3.92. The second-order valence-electron chi connectivity index (χ2n) is 5.88. The highest BCUT2D eigenvalue weighted by atomic mass is 16.1. The van der Waals surface area contributed by atoms with Crippen molar-refractivity contribution in [2.45, 2.75) is 45.7 Å². The van der Waals surface area contributed by atoms with Gasteiger partial charge in [-0.2, -0.15) is 0 Å². The Hall–Kier alpha value is -1.68. The van der Waals surface area contributed by atoms with Gasteiger partial charge in [0.1, 0.15) is 5.82 Å². The van der Waals surface area contributed by atoms with Gasteiger partial charge in [-0.3, -0.25) is 9.69 Å². The minimum atomic E-state index is -0.434. The zero-order chi connectivity index (χ0) is 15.6. The number of hydrogen-bond acceptors (Lipinski definition) is 3. The van der Waals surface area contributed by atoms with Crippen LogP contribution >= 0.6 is 0 Å². The predicted molar refractivity (Wildman–Crippen MR) is 86.5 cm³/mol. The molecular weight excluding hydrogens is 262 g/mol. The van der Waals surface area contributed by atoms with E-state index in [1.54, 1.807) is 0 Å². The van der Waals surface area contributed by atoms with Gasteiger partial charge < -0.3 is 4.57 Å². The number of Topliss-reactive ketones (excluding diaryl/α,β-unsaturated/α-hetero) is 1. The average molecular weight is 287 g/mol. The molecule has 0 aliphatic rings. The van der Waals surface area contributed by atoms with Crippen LogP contribution in [0.2, 0.25) is 0 Å². The number of rotatable bonds is 6. The minimum Gasteiger partial charge on any atom is -0.328 e. The Kier molecular flexibility index (Phi) is 4.47. The zero-order valence-electron chi connectivity index (χ0n) is 13.7. The van der Waals surface area contributed by atoms with Gasteiger partial charge in [-0.1, -0.05) is 19.1 Å². The number of carbonyl (C=O) groups is 1. The van der Waals surface area contributed by atoms with Gasteiger partial charge in [-0.05, 0) is 46.5 Å². The van der Waals surface area contributed by atoms with Crippen LogP contribution in [0.3, 0.4) is 0 Å². The highest BCUT2D eigenvalue weighted by Gasteiger charge is 2.34. The van der Waals surface area contributed by atoms with Crippen molar-refractivity contribution >= 4 is 16.8 Å². The van der Waals surface area contributed by atoms with Crippen LogP contribution in [0.5, 0.6) is 0 Å². The molecule has 4 nitrogen and oxygen atoms in total. The summed E-state index contributed by atoms with van der Waals surface area (Å²) in [4.78, 5) is 19.4. The molecule has 2 aromatic rings. The molecule has 1 atom stereocenters. The number of ketones is 1. The number of aryl methyl sites for hydroxylation is 1. The van der Waals surface area contributed by atoms with Crippen LogP contribution in [0.15, 0.2) is 24.3 Å². The van der Waals surface area contributed by atoms with Crippen molar-refractivity contribution in [2.75, 3.05) is 14.1 Å². The van der Waals surface area contributed by atoms with Crippen molar-refractivity contribution in [3.8, 4) is 0 Å². The number of aromatic nitrogens is 2. The Labute approximate surface area is 126 Å². The van der Waals surface area contributed by atoms with Gasteiger partial charge in [0.15, 0.2) is 5.78 Å². The van der Waals surface area contributed by atoms with E-state index in [0.29, 0.717) is 6.42 Å². The van der Waals surface area contributed by atoms with Crippen LogP contribution in [0, 0.1) is 0 Å². The number of likely N-dealkylation sites (N-methyl/N-ethyl adjacent to an activating group) is 1. The van der Waals surface area contributed by atoms with Gasteiger partial charge in [0, 0.05) is 6.54 Å². The summed E-state index contributed by atoms with van der Waals surface area (Å²) in [5.74, 6) is 1.09. The summed E-state index contributed by atoms with van der Waals surface area (Å²) in [6, 6.07) is 8.06. The molecule has 1 unspecified atom stereocenters. The third-order valence-electron chi connectivity index (χ3n) is 4.64. The summed E-state index contributed by atoms with van der Waals surface area (Å²) in [5.41, 5.74) is 1.63. The first-order valence-electron chi connectivity index (χ1n) is 7.59. The summed E-state index contributed by atoms with van der Waals surface area (Å²) in [6.45, 7) is 6.98. The zero-order valence-corrected chi connectivity index (χ0v) is 13.7. The fraction of sp³-hybridized carbons (Fsp3) is 0.529. The lowest BCUT2D eigenvalue weighted by Crippen LogP contribution is -2.49. The third-order valence-corrected chi connectivity index (χ3v) is 4.64. The van der Waals surface area contributed by atoms with Gasteiger partial charge in [0.05, 0.1) is 23.0 Å². The quantitative estimate of drug-likeness (QED) is 0.820. The lowest BCUT2D eigenvalue weighted by Gasteiger charge is -2.34. The number of carbonyl (C=O) groups excluding carboxylic acids is 1. The van der Waals surface area contributed by atoms with Crippen molar-refractivity contribution in [3.05, 3.63) is 30.1 Å². The minimum absolute atomic E-state index is 0.222. The smallest absolute Gasteiger partial charge is 0.160 e. The first-order valence-corrected chi connectivity index (χ1v) is 7.59. The van der Waals surface area contributed by atoms with Crippen molar-refractivity contribution in [1.29, 1.82) is 0 Å². The van der Waals surface area contributed by atoms with Crippen LogP contribution < -0.4 is 0 Å². The standard InChI is InChI=1S/C17H25N3O/c1-6-17(3,19(4)5)15(21)12-16-18-13-10-8-9-11-14(13)20(16)7-2/h8-11H,6-7,12H2,1-5H3. The van der Waals surface area contributed by atoms with E-state index in [9.17, 15) is 4.79 Å². The maximum atomic E-state index is 12.8. The molecule has 1 aromatic heterocycles. The van der Waals surface area contributed by atoms with E-state index < -0.39 is 5.54 Å². The number of imidazole rings is 1. The molecule has 2 rings (SSSR count). The van der Waals surface area contributed by atoms with E-state index in [4.69, 9.17) is 0 Å². The summed E-state index contributed by atoms with van der Waals surface area (Å²) < 4.78 is 2.14. The number of fused-ring (bicyclic) bond motifs is 1. The van der Waals surface area contributed by atoms with E-state index >= 15 is 0 Å². The predicted octanol–water partition coefficient (Wildman–Crippen LogP) is 2.90. The van der Waals surface area contributed by atoms with Crippen LogP contribution in [-0.4, -0.2) is 39.9 Å². The molecule has 0 saturated carbocycles. The summed E-state index contributed by atoms with van der Waals surface area (Å²) >= 11 is 0. The molecule has 0 radical (unpaired) electrons. The van der Waals surface area contributed by atoms with Crippen molar-refractivity contribution in [2.24, 2.45) is 0 Å². The van der Waals surface area contributed by atoms with E-state index in [1.807, 2.05) is 44.1 Å². The Morgan fingerprint density at radius 2 is 1.95 bits per heavy atom. The molecule has 0 saturated heterocycles. The maximum absolute atomic E-state index is 12.8. The normalized spacial score (nSPS) is 14.6. The third kappa shape index (κ3) is 2.72. The number of para-hydroxylation sites is 2. The SMILES string of the molecule is CCn1c(CC(=O)C(C)(CC)N(C)C)nc2ccccc21. The second-order valence-corrected chi connectivity index (χ2v) is 5.88. The Balaban J connectivity index is 2.37. The fourth-order valence-electron chi connectivity index (χ4n) is 2.71. The van der Waals surface area contributed by atoms with Gasteiger partial charge in [-0.25, -0.2) is 4.98 Å². The maximum Gasteiger partial charge on any atom is 0.160 e. The lowest BCUT2D eigenvalue weighted by molar-refractivity contribution is -0.128. The van der Waals surface area contributed by atoms with E-state index in [-0.39, 0.29) is 5.78 Å². The molecule has 4 heteroatoms. The number of hydrogen-bond donors (Lipinski definition) is 0. The van der Waals surface area contributed by atoms with Gasteiger partial charge in [0.25, 0.3) is 0 Å². The Bertz CT molecular complexity index is 645. The van der Waals surface area contributed by atoms with E-state index in [2.05, 4.69) is 29.5 Å². The molecule has 0 bridgehead atoms. The van der Waals surface area contributed by atoms with Crippen LogP contribution in [-0.2, 0) is 17.8 Å². The molecule has 1 aromatic carbocycles. The summed E-state index contributed by atoms with van der Waals surface area (Å²) in [5, 5.41) is 0. The Morgan fingerprint density at radius 1 is 1.29 bits per heavy atom. The fourth-order valence-corrected chi connectivity index (χ4v) is 2.71. The van der Waals surface area contributed by atoms with Crippen LogP contribution in [0.25, 0.3) is 11.0 Å². The molecule has 0 aliphatic carbocycles. The van der Waals surface area contributed by atoms with Crippen molar-refractivity contribution in [1.82, 2.24) is 14.5 Å². The van der Waals surface area contributed by atoms with Crippen LogP contribution in [0.1, 0.15) is 33.0 Å². The highest BCUT2D eigenvalue weighted by Crippen LogP contribution is 2.22. The molecule has 0 N–H and O–H groups in total. The van der Waals surface area contributed by atoms with Gasteiger partial charge >= 0.3 is 0 Å².